The molecule has 0 saturated carbocycles. The van der Waals surface area contributed by atoms with Crippen LogP contribution in [0.15, 0.2) is 66.4 Å². The summed E-state index contributed by atoms with van der Waals surface area (Å²) in [7, 11) is 3.43. The van der Waals surface area contributed by atoms with Gasteiger partial charge in [0.1, 0.15) is 17.1 Å². The minimum atomic E-state index is -3.77. The van der Waals surface area contributed by atoms with Crippen molar-refractivity contribution in [2.24, 2.45) is 5.73 Å². The zero-order valence-electron chi connectivity index (χ0n) is 23.8. The first-order valence-corrected chi connectivity index (χ1v) is 13.4. The number of para-hydroxylation sites is 1. The molecule has 5 rings (SSSR count). The fraction of sp³-hybridized carbons (Fsp3) is 0.267. The number of halogens is 2. The van der Waals surface area contributed by atoms with E-state index in [2.05, 4.69) is 10.1 Å². The lowest BCUT2D eigenvalue weighted by atomic mass is 10.1. The Morgan fingerprint density at radius 1 is 1.09 bits per heavy atom. The maximum atomic E-state index is 13.5. The number of nitrogens with zero attached hydrogens (tertiary/aromatic N) is 4. The number of likely N-dealkylation sites (N-methyl/N-ethyl adjacent to an activating group) is 1. The number of nitrogens with one attached hydrogen (secondary N) is 1. The van der Waals surface area contributed by atoms with Gasteiger partial charge in [-0.25, -0.2) is 14.3 Å². The molecule has 0 atom stereocenters. The molecule has 1 aliphatic rings. The molecule has 224 valence electrons. The van der Waals surface area contributed by atoms with Crippen LogP contribution in [0.5, 0.6) is 11.5 Å². The normalized spacial score (nSPS) is 13.7. The Hall–Kier alpha value is -5.04. The third-order valence-corrected chi connectivity index (χ3v) is 6.78. The lowest BCUT2D eigenvalue weighted by molar-refractivity contribution is -0.167. The van der Waals surface area contributed by atoms with E-state index in [4.69, 9.17) is 15.2 Å². The number of fused-ring (bicyclic) bond motifs is 3. The highest BCUT2D eigenvalue weighted by Crippen LogP contribution is 2.32. The topological polar surface area (TPSA) is 135 Å². The number of aromatic amines is 1. The van der Waals surface area contributed by atoms with Crippen molar-refractivity contribution in [3.05, 3.63) is 83.4 Å². The van der Waals surface area contributed by atoms with Gasteiger partial charge in [-0.2, -0.15) is 8.78 Å². The predicted molar refractivity (Wildman–Crippen MR) is 152 cm³/mol. The number of nitrogens with two attached hydrogens (primary N) is 1. The Morgan fingerprint density at radius 2 is 1.77 bits per heavy atom. The van der Waals surface area contributed by atoms with Gasteiger partial charge in [-0.05, 0) is 56.6 Å². The molecule has 43 heavy (non-hydrogen) atoms. The summed E-state index contributed by atoms with van der Waals surface area (Å²) in [5, 5.41) is 3.22. The number of hydrogen-bond acceptors (Lipinski definition) is 7. The highest BCUT2D eigenvalue weighted by atomic mass is 19.3. The highest BCUT2D eigenvalue weighted by molar-refractivity contribution is 6.05. The fourth-order valence-corrected chi connectivity index (χ4v) is 4.66. The molecule has 11 nitrogen and oxygen atoms in total. The first kappa shape index (κ1) is 29.5. The average molecular weight is 593 g/mol. The predicted octanol–water partition coefficient (Wildman–Crippen LogP) is 3.75. The summed E-state index contributed by atoms with van der Waals surface area (Å²) in [6.07, 6.45) is 1.61. The number of H-pyrrole nitrogens is 1. The van der Waals surface area contributed by atoms with E-state index in [9.17, 15) is 23.2 Å². The van der Waals surface area contributed by atoms with E-state index >= 15 is 0 Å². The van der Waals surface area contributed by atoms with Crippen LogP contribution < -0.4 is 10.5 Å². The number of primary amides is 1. The minimum absolute atomic E-state index is 0.00210. The summed E-state index contributed by atoms with van der Waals surface area (Å²) in [4.78, 5) is 45.4. The van der Waals surface area contributed by atoms with Gasteiger partial charge >= 0.3 is 11.9 Å². The van der Waals surface area contributed by atoms with Crippen molar-refractivity contribution in [1.29, 1.82) is 0 Å². The van der Waals surface area contributed by atoms with Crippen LogP contribution in [0.25, 0.3) is 16.9 Å². The van der Waals surface area contributed by atoms with E-state index in [1.54, 1.807) is 47.8 Å². The molecular formula is C30H30F2N6O5. The maximum Gasteiger partial charge on any atom is 0.382 e. The molecular weight excluding hydrogens is 562 g/mol. The monoisotopic (exact) mass is 592 g/mol. The van der Waals surface area contributed by atoms with Crippen molar-refractivity contribution < 1.29 is 32.6 Å². The van der Waals surface area contributed by atoms with Crippen molar-refractivity contribution in [2.75, 3.05) is 27.2 Å². The fourth-order valence-electron chi connectivity index (χ4n) is 4.66. The van der Waals surface area contributed by atoms with Crippen molar-refractivity contribution in [3.63, 3.8) is 0 Å². The molecule has 2 amide bonds. The molecule has 0 unspecified atom stereocenters. The molecule has 0 saturated heterocycles. The van der Waals surface area contributed by atoms with E-state index in [0.29, 0.717) is 47.4 Å². The van der Waals surface area contributed by atoms with Crippen LogP contribution in [0, 0.1) is 0 Å². The van der Waals surface area contributed by atoms with Crippen molar-refractivity contribution >= 4 is 23.4 Å². The zero-order chi connectivity index (χ0) is 30.9. The lowest BCUT2D eigenvalue weighted by Crippen LogP contribution is -2.39. The second-order valence-corrected chi connectivity index (χ2v) is 10.4. The molecule has 0 radical (unpaired) electrons. The molecule has 13 heteroatoms. The number of ether oxygens (including phenoxy) is 2. The SMILES string of the molecule is CN(C)C/C=C(\OC(=O)C(C)(F)F)C(=O)N1CCc2c(nc3c(C(N)=O)c(-c4ccc(Oc5ccccc5)cc4)[nH]n23)C1. The first-order chi connectivity index (χ1) is 20.4. The molecule has 2 aromatic heterocycles. The Balaban J connectivity index is 1.41. The van der Waals surface area contributed by atoms with Crippen molar-refractivity contribution in [2.45, 2.75) is 25.8 Å². The number of hydrogen-bond donors (Lipinski definition) is 2. The quantitative estimate of drug-likeness (QED) is 0.172. The van der Waals surface area contributed by atoms with E-state index < -0.39 is 29.5 Å². The van der Waals surface area contributed by atoms with E-state index in [1.807, 2.05) is 30.3 Å². The summed E-state index contributed by atoms with van der Waals surface area (Å²) < 4.78 is 39.4. The summed E-state index contributed by atoms with van der Waals surface area (Å²) in [6, 6.07) is 16.5. The largest absolute Gasteiger partial charge is 0.457 e. The first-order valence-electron chi connectivity index (χ1n) is 13.4. The van der Waals surface area contributed by atoms with Crippen molar-refractivity contribution in [3.8, 4) is 22.8 Å². The molecule has 1 aliphatic heterocycles. The number of rotatable bonds is 9. The Bertz CT molecular complexity index is 1700. The Morgan fingerprint density at radius 3 is 2.40 bits per heavy atom. The number of carbonyl (C=O) groups is 3. The number of esters is 1. The van der Waals surface area contributed by atoms with Gasteiger partial charge < -0.3 is 25.0 Å². The number of carbonyl (C=O) groups excluding carboxylic acids is 3. The summed E-state index contributed by atoms with van der Waals surface area (Å²) in [6.45, 7) is 0.772. The van der Waals surface area contributed by atoms with Gasteiger partial charge in [0.05, 0.1) is 23.6 Å². The van der Waals surface area contributed by atoms with Gasteiger partial charge in [-0.3, -0.25) is 14.7 Å². The molecule has 0 bridgehead atoms. The second kappa shape index (κ2) is 11.7. The standard InChI is InChI=1S/C30H30F2N6O5/c1-30(31,32)29(41)43-23(14-15-36(2)3)28(40)37-16-13-22-21(17-37)34-27-24(26(33)39)25(35-38(22)27)18-9-11-20(12-10-18)42-19-7-5-4-6-8-19/h4-12,14,35H,13,15-17H2,1-3H3,(H2,33,39)/b23-14-. The van der Waals surface area contributed by atoms with Gasteiger partial charge in [0.25, 0.3) is 11.8 Å². The second-order valence-electron chi connectivity index (χ2n) is 10.4. The Kier molecular flexibility index (Phi) is 8.00. The number of imidazole rings is 1. The third-order valence-electron chi connectivity index (χ3n) is 6.78. The smallest absolute Gasteiger partial charge is 0.382 e. The van der Waals surface area contributed by atoms with Gasteiger partial charge in [-0.1, -0.05) is 18.2 Å². The summed E-state index contributed by atoms with van der Waals surface area (Å²) in [5.41, 5.74) is 8.64. The van der Waals surface area contributed by atoms with Crippen LogP contribution in [0.3, 0.4) is 0 Å². The maximum absolute atomic E-state index is 13.5. The summed E-state index contributed by atoms with van der Waals surface area (Å²) >= 11 is 0. The van der Waals surface area contributed by atoms with Crippen LogP contribution in [0.1, 0.15) is 28.7 Å². The average Bonchev–Trinajstić information content (AvgIpc) is 3.51. The summed E-state index contributed by atoms with van der Waals surface area (Å²) in [5.74, 6) is -6.20. The molecule has 2 aromatic carbocycles. The molecule has 0 fully saturated rings. The molecule has 4 aromatic rings. The lowest BCUT2D eigenvalue weighted by Gasteiger charge is -2.27. The molecule has 3 N–H and O–H groups in total. The van der Waals surface area contributed by atoms with Crippen molar-refractivity contribution in [1.82, 2.24) is 24.4 Å². The van der Waals surface area contributed by atoms with Gasteiger partial charge in [0, 0.05) is 32.0 Å². The third kappa shape index (κ3) is 6.26. The van der Waals surface area contributed by atoms with Crippen LogP contribution >= 0.6 is 0 Å². The van der Waals surface area contributed by atoms with Gasteiger partial charge in [0.15, 0.2) is 11.4 Å². The molecule has 0 aliphatic carbocycles. The number of alkyl halides is 2. The number of aromatic nitrogens is 3. The van der Waals surface area contributed by atoms with E-state index in [1.165, 1.54) is 11.0 Å². The zero-order valence-corrected chi connectivity index (χ0v) is 23.8. The Labute approximate surface area is 245 Å². The van der Waals surface area contributed by atoms with Crippen LogP contribution in [0.2, 0.25) is 0 Å². The van der Waals surface area contributed by atoms with Crippen LogP contribution in [0.4, 0.5) is 8.78 Å². The van der Waals surface area contributed by atoms with Crippen LogP contribution in [-0.2, 0) is 27.3 Å². The van der Waals surface area contributed by atoms with Crippen LogP contribution in [-0.4, -0.2) is 75.3 Å². The number of benzene rings is 2. The van der Waals surface area contributed by atoms with Gasteiger partial charge in [-0.15, -0.1) is 0 Å². The number of amides is 2. The molecule has 0 spiro atoms. The van der Waals surface area contributed by atoms with Gasteiger partial charge in [0.2, 0.25) is 0 Å². The minimum Gasteiger partial charge on any atom is -0.457 e. The highest BCUT2D eigenvalue weighted by Gasteiger charge is 2.38. The molecule has 3 heterocycles. The van der Waals surface area contributed by atoms with E-state index in [0.717, 1.165) is 5.69 Å². The van der Waals surface area contributed by atoms with E-state index in [-0.39, 0.29) is 25.2 Å².